The van der Waals surface area contributed by atoms with Gasteiger partial charge in [-0.3, -0.25) is 4.57 Å². The number of hydrogen-bond donors (Lipinski definition) is 0. The summed E-state index contributed by atoms with van der Waals surface area (Å²) in [5, 5.41) is -0.0356. The van der Waals surface area contributed by atoms with E-state index in [0.717, 1.165) is 12.3 Å². The van der Waals surface area contributed by atoms with E-state index in [1.807, 2.05) is 0 Å². The van der Waals surface area contributed by atoms with Crippen LogP contribution in [0.4, 0.5) is 8.78 Å². The van der Waals surface area contributed by atoms with E-state index in [4.69, 9.17) is 16.3 Å². The maximum Gasteiger partial charge on any atom is 0.338 e. The molecule has 1 aromatic heterocycles. The topological polar surface area (TPSA) is 78.3 Å². The van der Waals surface area contributed by atoms with E-state index < -0.39 is 28.5 Å². The van der Waals surface area contributed by atoms with E-state index in [1.54, 1.807) is 18.2 Å². The molecule has 0 saturated carbocycles. The van der Waals surface area contributed by atoms with Crippen molar-refractivity contribution in [3.63, 3.8) is 0 Å². The molecule has 28 heavy (non-hydrogen) atoms. The molecular formula is C18H15ClF2N2O4S. The van der Waals surface area contributed by atoms with Gasteiger partial charge in [0, 0.05) is 6.26 Å². The number of carbonyl (C=O) groups excluding carboxylic acids is 1. The number of benzene rings is 2. The first-order chi connectivity index (χ1) is 13.1. The SMILES string of the molecule is CC(OC(=O)c1ccc(Cl)c(S(C)(=O)=O)c1)c1nc2ccccc2n1C(F)F. The predicted octanol–water partition coefficient (Wildman–Crippen LogP) is 4.41. The van der Waals surface area contributed by atoms with Crippen molar-refractivity contribution in [2.24, 2.45) is 0 Å². The van der Waals surface area contributed by atoms with Gasteiger partial charge in [-0.2, -0.15) is 8.78 Å². The van der Waals surface area contributed by atoms with Crippen LogP contribution >= 0.6 is 11.6 Å². The summed E-state index contributed by atoms with van der Waals surface area (Å²) in [6.07, 6.45) is -0.150. The Labute approximate surface area is 164 Å². The summed E-state index contributed by atoms with van der Waals surface area (Å²) in [5.74, 6) is -1.01. The van der Waals surface area contributed by atoms with Crippen LogP contribution in [0, 0.1) is 0 Å². The molecule has 0 aliphatic rings. The minimum absolute atomic E-state index is 0.0356. The number of rotatable bonds is 5. The minimum atomic E-state index is -3.66. The second-order valence-corrected chi connectivity index (χ2v) is 8.46. The molecule has 0 radical (unpaired) electrons. The second kappa shape index (κ2) is 7.48. The average Bonchev–Trinajstić information content (AvgIpc) is 3.00. The number of esters is 1. The Hall–Kier alpha value is -2.52. The standard InChI is InChI=1S/C18H15ClF2N2O4S/c1-10(16-22-13-5-3-4-6-14(13)23(16)18(20)21)27-17(24)11-7-8-12(19)15(9-11)28(2,25)26/h3-10,18H,1-2H3. The Morgan fingerprint density at radius 3 is 2.54 bits per heavy atom. The number of imidazole rings is 1. The van der Waals surface area contributed by atoms with Crippen molar-refractivity contribution >= 4 is 38.4 Å². The third-order valence-electron chi connectivity index (χ3n) is 4.03. The number of nitrogens with zero attached hydrogens (tertiary/aromatic N) is 2. The summed E-state index contributed by atoms with van der Waals surface area (Å²) in [5.41, 5.74) is 0.476. The highest BCUT2D eigenvalue weighted by molar-refractivity contribution is 7.90. The molecule has 0 aliphatic carbocycles. The zero-order valence-electron chi connectivity index (χ0n) is 14.8. The van der Waals surface area contributed by atoms with E-state index in [-0.39, 0.29) is 26.8 Å². The van der Waals surface area contributed by atoms with Crippen molar-refractivity contribution in [3.8, 4) is 0 Å². The monoisotopic (exact) mass is 428 g/mol. The van der Waals surface area contributed by atoms with Crippen molar-refractivity contribution < 1.29 is 26.7 Å². The number of carbonyl (C=O) groups is 1. The van der Waals surface area contributed by atoms with Gasteiger partial charge < -0.3 is 4.74 Å². The van der Waals surface area contributed by atoms with Gasteiger partial charge in [0.25, 0.3) is 0 Å². The van der Waals surface area contributed by atoms with Crippen LogP contribution in [0.25, 0.3) is 11.0 Å². The lowest BCUT2D eigenvalue weighted by atomic mass is 10.2. The Morgan fingerprint density at radius 2 is 1.89 bits per heavy atom. The van der Waals surface area contributed by atoms with Crippen LogP contribution in [-0.2, 0) is 14.6 Å². The normalized spacial score (nSPS) is 13.1. The first-order valence-electron chi connectivity index (χ1n) is 8.05. The summed E-state index contributed by atoms with van der Waals surface area (Å²) in [7, 11) is -3.66. The van der Waals surface area contributed by atoms with Crippen LogP contribution in [0.1, 0.15) is 35.8 Å². The number of aromatic nitrogens is 2. The van der Waals surface area contributed by atoms with E-state index in [0.29, 0.717) is 10.1 Å². The van der Waals surface area contributed by atoms with Gasteiger partial charge in [-0.25, -0.2) is 18.2 Å². The third-order valence-corrected chi connectivity index (χ3v) is 5.61. The van der Waals surface area contributed by atoms with Crippen molar-refractivity contribution in [2.75, 3.05) is 6.26 Å². The molecule has 1 unspecified atom stereocenters. The van der Waals surface area contributed by atoms with Crippen molar-refractivity contribution in [2.45, 2.75) is 24.5 Å². The van der Waals surface area contributed by atoms with Gasteiger partial charge in [0.05, 0.1) is 26.5 Å². The van der Waals surface area contributed by atoms with Gasteiger partial charge in [0.1, 0.15) is 0 Å². The quantitative estimate of drug-likeness (QED) is 0.562. The number of hydrogen-bond acceptors (Lipinski definition) is 5. The molecule has 0 amide bonds. The van der Waals surface area contributed by atoms with Gasteiger partial charge in [-0.15, -0.1) is 0 Å². The first kappa shape index (κ1) is 20.2. The average molecular weight is 429 g/mol. The van der Waals surface area contributed by atoms with E-state index in [9.17, 15) is 22.0 Å². The van der Waals surface area contributed by atoms with Crippen LogP contribution < -0.4 is 0 Å². The van der Waals surface area contributed by atoms with E-state index in [2.05, 4.69) is 4.98 Å². The minimum Gasteiger partial charge on any atom is -0.451 e. The van der Waals surface area contributed by atoms with Gasteiger partial charge in [-0.05, 0) is 37.3 Å². The molecule has 3 aromatic rings. The van der Waals surface area contributed by atoms with Crippen molar-refractivity contribution in [3.05, 3.63) is 58.9 Å². The lowest BCUT2D eigenvalue weighted by Gasteiger charge is -2.15. The Bertz CT molecular complexity index is 1160. The summed E-state index contributed by atoms with van der Waals surface area (Å²) in [6, 6.07) is 9.96. The highest BCUT2D eigenvalue weighted by Gasteiger charge is 2.25. The summed E-state index contributed by atoms with van der Waals surface area (Å²) < 4.78 is 56.5. The maximum atomic E-state index is 13.5. The molecule has 2 aromatic carbocycles. The molecule has 6 nitrogen and oxygen atoms in total. The van der Waals surface area contributed by atoms with Gasteiger partial charge in [0.15, 0.2) is 21.8 Å². The highest BCUT2D eigenvalue weighted by atomic mass is 35.5. The fourth-order valence-corrected chi connectivity index (χ4v) is 4.05. The molecule has 0 aliphatic heterocycles. The molecule has 10 heteroatoms. The summed E-state index contributed by atoms with van der Waals surface area (Å²) in [6.45, 7) is -1.47. The van der Waals surface area contributed by atoms with Crippen LogP contribution in [0.3, 0.4) is 0 Å². The Kier molecular flexibility index (Phi) is 5.40. The summed E-state index contributed by atoms with van der Waals surface area (Å²) in [4.78, 5) is 16.3. The Balaban J connectivity index is 1.94. The third kappa shape index (κ3) is 3.85. The molecule has 148 valence electrons. The number of para-hydroxylation sites is 2. The molecule has 0 saturated heterocycles. The van der Waals surface area contributed by atoms with Gasteiger partial charge in [-0.1, -0.05) is 23.7 Å². The maximum absolute atomic E-state index is 13.5. The van der Waals surface area contributed by atoms with Crippen molar-refractivity contribution in [1.82, 2.24) is 9.55 Å². The molecular weight excluding hydrogens is 414 g/mol. The fourth-order valence-electron chi connectivity index (χ4n) is 2.75. The Morgan fingerprint density at radius 1 is 1.21 bits per heavy atom. The molecule has 0 bridgehead atoms. The molecule has 0 spiro atoms. The van der Waals surface area contributed by atoms with Crippen LogP contribution in [0.2, 0.25) is 5.02 Å². The van der Waals surface area contributed by atoms with Crippen LogP contribution in [0.5, 0.6) is 0 Å². The van der Waals surface area contributed by atoms with E-state index >= 15 is 0 Å². The highest BCUT2D eigenvalue weighted by Crippen LogP contribution is 2.29. The largest absolute Gasteiger partial charge is 0.451 e. The van der Waals surface area contributed by atoms with Crippen LogP contribution in [-0.4, -0.2) is 30.2 Å². The zero-order valence-corrected chi connectivity index (χ0v) is 16.3. The number of ether oxygens (including phenoxy) is 1. The van der Waals surface area contributed by atoms with Crippen molar-refractivity contribution in [1.29, 1.82) is 0 Å². The first-order valence-corrected chi connectivity index (χ1v) is 10.3. The molecule has 1 atom stereocenters. The lowest BCUT2D eigenvalue weighted by molar-refractivity contribution is 0.0233. The van der Waals surface area contributed by atoms with Gasteiger partial charge in [0.2, 0.25) is 0 Å². The zero-order chi connectivity index (χ0) is 20.6. The number of fused-ring (bicyclic) bond motifs is 1. The molecule has 0 fully saturated rings. The lowest BCUT2D eigenvalue weighted by Crippen LogP contribution is -2.15. The summed E-state index contributed by atoms with van der Waals surface area (Å²) >= 11 is 5.86. The number of alkyl halides is 2. The van der Waals surface area contributed by atoms with E-state index in [1.165, 1.54) is 25.1 Å². The smallest absolute Gasteiger partial charge is 0.338 e. The molecule has 3 rings (SSSR count). The second-order valence-electron chi connectivity index (χ2n) is 6.07. The van der Waals surface area contributed by atoms with Gasteiger partial charge >= 0.3 is 12.5 Å². The predicted molar refractivity (Wildman–Crippen MR) is 99.4 cm³/mol. The molecule has 0 N–H and O–H groups in total. The number of sulfone groups is 1. The molecule has 1 heterocycles. The fraction of sp³-hybridized carbons (Fsp3) is 0.222. The van der Waals surface area contributed by atoms with Crippen LogP contribution in [0.15, 0.2) is 47.4 Å². The number of halogens is 3.